The number of carbonyl (C=O) groups is 1. The van der Waals surface area contributed by atoms with Crippen LogP contribution in [0.3, 0.4) is 0 Å². The Kier molecular flexibility index (Phi) is 6.01. The van der Waals surface area contributed by atoms with Gasteiger partial charge in [-0.3, -0.25) is 0 Å². The molecule has 3 nitrogen and oxygen atoms in total. The van der Waals surface area contributed by atoms with Gasteiger partial charge in [-0.15, -0.1) is 0 Å². The Morgan fingerprint density at radius 1 is 1.30 bits per heavy atom. The molecule has 116 valence electrons. The molecule has 1 rings (SSSR count). The molecule has 0 spiro atoms. The molecular weight excluding hydrogens is 268 g/mol. The molecule has 1 saturated carbocycles. The van der Waals surface area contributed by atoms with Crippen molar-refractivity contribution >= 4 is 14.3 Å². The fraction of sp³-hybridized carbons (Fsp3) is 0.812. The molecular formula is C16H30O3Si. The second kappa shape index (κ2) is 6.90. The zero-order chi connectivity index (χ0) is 15.4. The third-order valence-electron chi connectivity index (χ3n) is 4.52. The van der Waals surface area contributed by atoms with Gasteiger partial charge in [-0.1, -0.05) is 33.3 Å². The van der Waals surface area contributed by atoms with E-state index in [1.807, 2.05) is 13.0 Å². The van der Waals surface area contributed by atoms with Gasteiger partial charge in [0.2, 0.25) is 0 Å². The largest absolute Gasteiger partial charge is 0.463 e. The van der Waals surface area contributed by atoms with Crippen LogP contribution in [0.15, 0.2) is 12.2 Å². The maximum atomic E-state index is 11.4. The van der Waals surface area contributed by atoms with Crippen LogP contribution in [-0.4, -0.2) is 27.0 Å². The third kappa shape index (κ3) is 4.74. The highest BCUT2D eigenvalue weighted by Gasteiger charge is 2.41. The maximum Gasteiger partial charge on any atom is 0.330 e. The number of hydrogen-bond donors (Lipinski definition) is 0. The van der Waals surface area contributed by atoms with Crippen molar-refractivity contribution in [3.8, 4) is 0 Å². The zero-order valence-electron chi connectivity index (χ0n) is 13.9. The molecule has 1 aliphatic rings. The average Bonchev–Trinajstić information content (AvgIpc) is 2.72. The maximum absolute atomic E-state index is 11.4. The molecule has 4 heteroatoms. The third-order valence-corrected chi connectivity index (χ3v) is 9.03. The van der Waals surface area contributed by atoms with Crippen LogP contribution in [0.1, 0.15) is 47.0 Å². The van der Waals surface area contributed by atoms with E-state index in [9.17, 15) is 4.79 Å². The Morgan fingerprint density at radius 2 is 1.95 bits per heavy atom. The summed E-state index contributed by atoms with van der Waals surface area (Å²) in [6, 6.07) is 0. The molecule has 20 heavy (non-hydrogen) atoms. The summed E-state index contributed by atoms with van der Waals surface area (Å²) in [6.07, 6.45) is 7.21. The number of ether oxygens (including phenoxy) is 1. The normalized spacial score (nSPS) is 24.3. The summed E-state index contributed by atoms with van der Waals surface area (Å²) in [5.74, 6) is 0.110. The van der Waals surface area contributed by atoms with Crippen LogP contribution in [0.25, 0.3) is 0 Å². The summed E-state index contributed by atoms with van der Waals surface area (Å²) >= 11 is 0. The molecule has 0 radical (unpaired) electrons. The summed E-state index contributed by atoms with van der Waals surface area (Å²) in [4.78, 5) is 11.4. The Balaban J connectivity index is 2.64. The first-order valence-corrected chi connectivity index (χ1v) is 10.6. The lowest BCUT2D eigenvalue weighted by molar-refractivity contribution is -0.137. The van der Waals surface area contributed by atoms with Gasteiger partial charge < -0.3 is 9.16 Å². The first-order chi connectivity index (χ1) is 9.17. The fourth-order valence-corrected chi connectivity index (χ4v) is 3.67. The van der Waals surface area contributed by atoms with Gasteiger partial charge in [-0.25, -0.2) is 4.79 Å². The van der Waals surface area contributed by atoms with Gasteiger partial charge in [0.25, 0.3) is 0 Å². The smallest absolute Gasteiger partial charge is 0.330 e. The minimum atomic E-state index is -1.73. The number of hydrogen-bond acceptors (Lipinski definition) is 3. The van der Waals surface area contributed by atoms with Crippen LogP contribution < -0.4 is 0 Å². The van der Waals surface area contributed by atoms with Crippen molar-refractivity contribution < 1.29 is 14.0 Å². The van der Waals surface area contributed by atoms with Gasteiger partial charge in [-0.05, 0) is 37.9 Å². The summed E-state index contributed by atoms with van der Waals surface area (Å²) < 4.78 is 11.4. The topological polar surface area (TPSA) is 35.5 Å². The number of rotatable bonds is 5. The lowest BCUT2D eigenvalue weighted by atomic mass is 10.1. The lowest BCUT2D eigenvalue weighted by Gasteiger charge is -2.39. The molecule has 0 unspecified atom stereocenters. The van der Waals surface area contributed by atoms with Crippen LogP contribution >= 0.6 is 0 Å². The van der Waals surface area contributed by atoms with Crippen LogP contribution in [0, 0.1) is 5.92 Å². The Labute approximate surface area is 124 Å². The second-order valence-corrected chi connectivity index (χ2v) is 11.9. The molecule has 0 saturated heterocycles. The van der Waals surface area contributed by atoms with Crippen LogP contribution in [0.4, 0.5) is 0 Å². The van der Waals surface area contributed by atoms with Gasteiger partial charge in [0, 0.05) is 12.0 Å². The number of esters is 1. The average molecular weight is 298 g/mol. The quantitative estimate of drug-likeness (QED) is 0.431. The minimum Gasteiger partial charge on any atom is -0.463 e. The van der Waals surface area contributed by atoms with Crippen LogP contribution in [0.5, 0.6) is 0 Å². The zero-order valence-corrected chi connectivity index (χ0v) is 14.9. The molecule has 0 heterocycles. The molecule has 0 amide bonds. The predicted molar refractivity (Wildman–Crippen MR) is 85.2 cm³/mol. The molecule has 0 aromatic carbocycles. The van der Waals surface area contributed by atoms with Crippen molar-refractivity contribution in [2.75, 3.05) is 6.61 Å². The van der Waals surface area contributed by atoms with E-state index < -0.39 is 8.32 Å². The number of carbonyl (C=O) groups excluding carboxylic acids is 1. The Hall–Kier alpha value is -0.613. The predicted octanol–water partition coefficient (Wildman–Crippen LogP) is 4.30. The fourth-order valence-electron chi connectivity index (χ4n) is 2.27. The Bertz CT molecular complexity index is 355. The molecule has 0 N–H and O–H groups in total. The first kappa shape index (κ1) is 17.4. The van der Waals surface area contributed by atoms with Crippen molar-refractivity contribution in [3.63, 3.8) is 0 Å². The van der Waals surface area contributed by atoms with Gasteiger partial charge >= 0.3 is 5.97 Å². The lowest BCUT2D eigenvalue weighted by Crippen LogP contribution is -2.44. The van der Waals surface area contributed by atoms with Crippen molar-refractivity contribution in [3.05, 3.63) is 12.2 Å². The highest BCUT2D eigenvalue weighted by molar-refractivity contribution is 6.74. The summed E-state index contributed by atoms with van der Waals surface area (Å²) in [5.41, 5.74) is 0. The minimum absolute atomic E-state index is 0.227. The van der Waals surface area contributed by atoms with Crippen LogP contribution in [0.2, 0.25) is 18.1 Å². The van der Waals surface area contributed by atoms with Crippen molar-refractivity contribution in [1.82, 2.24) is 0 Å². The van der Waals surface area contributed by atoms with E-state index in [1.165, 1.54) is 6.42 Å². The summed E-state index contributed by atoms with van der Waals surface area (Å²) in [7, 11) is -1.73. The van der Waals surface area contributed by atoms with Crippen LogP contribution in [-0.2, 0) is 14.0 Å². The van der Waals surface area contributed by atoms with E-state index in [0.717, 1.165) is 12.8 Å². The van der Waals surface area contributed by atoms with Gasteiger partial charge in [0.1, 0.15) is 0 Å². The Morgan fingerprint density at radius 3 is 2.50 bits per heavy atom. The highest BCUT2D eigenvalue weighted by Crippen LogP contribution is 2.41. The van der Waals surface area contributed by atoms with E-state index in [2.05, 4.69) is 33.9 Å². The monoisotopic (exact) mass is 298 g/mol. The highest BCUT2D eigenvalue weighted by atomic mass is 28.4. The van der Waals surface area contributed by atoms with E-state index >= 15 is 0 Å². The van der Waals surface area contributed by atoms with E-state index in [0.29, 0.717) is 12.5 Å². The van der Waals surface area contributed by atoms with E-state index in [1.54, 1.807) is 6.08 Å². The second-order valence-electron chi connectivity index (χ2n) is 7.12. The first-order valence-electron chi connectivity index (χ1n) is 7.70. The van der Waals surface area contributed by atoms with Gasteiger partial charge in [0.15, 0.2) is 8.32 Å². The van der Waals surface area contributed by atoms with Crippen molar-refractivity contribution in [1.29, 1.82) is 0 Å². The molecule has 1 aliphatic carbocycles. The molecule has 2 atom stereocenters. The summed E-state index contributed by atoms with van der Waals surface area (Å²) in [5, 5.41) is 0.227. The van der Waals surface area contributed by atoms with E-state index in [-0.39, 0.29) is 17.1 Å². The molecule has 0 bridgehead atoms. The standard InChI is InChI=1S/C16H30O3Si/c1-7-18-15(17)12-11-13-9-8-10-14(13)19-20(5,6)16(2,3)4/h11-14H,7-10H2,1-6H3/t13-,14-/m0/s1. The van der Waals surface area contributed by atoms with Crippen molar-refractivity contribution in [2.45, 2.75) is 71.2 Å². The molecule has 1 fully saturated rings. The molecule has 0 aromatic heterocycles. The van der Waals surface area contributed by atoms with E-state index in [4.69, 9.17) is 9.16 Å². The van der Waals surface area contributed by atoms with Crippen molar-refractivity contribution in [2.24, 2.45) is 5.92 Å². The SMILES string of the molecule is CCOC(=O)C=C[C@@H]1CCC[C@@H]1O[Si](C)(C)C(C)(C)C. The van der Waals surface area contributed by atoms with Gasteiger partial charge in [0.05, 0.1) is 12.7 Å². The van der Waals surface area contributed by atoms with Gasteiger partial charge in [-0.2, -0.15) is 0 Å². The summed E-state index contributed by atoms with van der Waals surface area (Å²) in [6.45, 7) is 13.6. The molecule has 0 aliphatic heterocycles. The molecule has 0 aromatic rings.